The number of nitrogens with zero attached hydrogens (tertiary/aromatic N) is 6. The Morgan fingerprint density at radius 1 is 0.970 bits per heavy atom. The number of rotatable bonds is 6. The number of nitrogens with one attached hydrogen (secondary N) is 1. The summed E-state index contributed by atoms with van der Waals surface area (Å²) in [5.41, 5.74) is 9.37. The van der Waals surface area contributed by atoms with Crippen LogP contribution in [0.2, 0.25) is 0 Å². The van der Waals surface area contributed by atoms with Crippen molar-refractivity contribution >= 4 is 13.6 Å². The Balaban J connectivity index is 1.50. The molecule has 4 heterocycles. The minimum Gasteiger partial charge on any atom is -0.340 e. The van der Waals surface area contributed by atoms with Gasteiger partial charge in [-0.1, -0.05) is 24.3 Å². The van der Waals surface area contributed by atoms with Crippen molar-refractivity contribution in [1.82, 2.24) is 34.4 Å². The van der Waals surface area contributed by atoms with Gasteiger partial charge in [0.15, 0.2) is 13.6 Å². The number of benzene rings is 1. The fourth-order valence-electron chi connectivity index (χ4n) is 4.12. The van der Waals surface area contributed by atoms with Crippen molar-refractivity contribution < 1.29 is 0 Å². The van der Waals surface area contributed by atoms with Gasteiger partial charge in [-0.2, -0.15) is 5.10 Å². The number of aryl methyl sites for hydroxylation is 2. The lowest BCUT2D eigenvalue weighted by Gasteiger charge is -2.18. The molecular weight excluding hydrogens is 409 g/mol. The molecule has 0 atom stereocenters. The summed E-state index contributed by atoms with van der Waals surface area (Å²) in [6.45, 7) is 7.89. The molecule has 164 valence electrons. The monoisotopic (exact) mass is 435 g/mol. The molecule has 0 saturated carbocycles. The van der Waals surface area contributed by atoms with Gasteiger partial charge in [0.1, 0.15) is 17.8 Å². The SMILES string of the molecule is BN(Cc1nc(-c2cccc(C)n2)c(-c2ccc3ncnn3c2)[nH]1)Cc1cccc(C)c1C. The summed E-state index contributed by atoms with van der Waals surface area (Å²) in [6, 6.07) is 16.5. The lowest BCUT2D eigenvalue weighted by atomic mass is 10.0. The Kier molecular flexibility index (Phi) is 5.52. The number of hydrogen-bond acceptors (Lipinski definition) is 5. The van der Waals surface area contributed by atoms with Crippen molar-refractivity contribution in [3.8, 4) is 22.6 Å². The molecule has 5 rings (SSSR count). The highest BCUT2D eigenvalue weighted by Gasteiger charge is 2.17. The van der Waals surface area contributed by atoms with E-state index in [1.165, 1.54) is 16.7 Å². The van der Waals surface area contributed by atoms with E-state index in [2.05, 4.69) is 59.9 Å². The highest BCUT2D eigenvalue weighted by atomic mass is 15.3. The van der Waals surface area contributed by atoms with Crippen LogP contribution in [0.4, 0.5) is 0 Å². The van der Waals surface area contributed by atoms with Crippen LogP contribution in [0.3, 0.4) is 0 Å². The van der Waals surface area contributed by atoms with Gasteiger partial charge in [0.25, 0.3) is 0 Å². The second-order valence-electron chi connectivity index (χ2n) is 8.58. The molecule has 5 aromatic rings. The summed E-state index contributed by atoms with van der Waals surface area (Å²) in [6.07, 6.45) is 3.53. The summed E-state index contributed by atoms with van der Waals surface area (Å²) < 4.78 is 1.77. The smallest absolute Gasteiger partial charge is 0.186 e. The molecule has 0 fully saturated rings. The Morgan fingerprint density at radius 2 is 1.82 bits per heavy atom. The van der Waals surface area contributed by atoms with Crippen LogP contribution in [0.15, 0.2) is 61.1 Å². The third-order valence-electron chi connectivity index (χ3n) is 6.02. The lowest BCUT2D eigenvalue weighted by Crippen LogP contribution is -2.20. The van der Waals surface area contributed by atoms with E-state index >= 15 is 0 Å². The molecular formula is C25H26BN7. The molecule has 0 amide bonds. The Labute approximate surface area is 194 Å². The van der Waals surface area contributed by atoms with E-state index in [-0.39, 0.29) is 0 Å². The van der Waals surface area contributed by atoms with Gasteiger partial charge in [-0.05, 0) is 61.7 Å². The van der Waals surface area contributed by atoms with E-state index in [1.54, 1.807) is 10.8 Å². The maximum atomic E-state index is 4.98. The highest BCUT2D eigenvalue weighted by molar-refractivity contribution is 6.04. The number of imidazole rings is 1. The van der Waals surface area contributed by atoms with Crippen molar-refractivity contribution in [1.29, 1.82) is 0 Å². The van der Waals surface area contributed by atoms with Gasteiger partial charge in [-0.15, -0.1) is 0 Å². The van der Waals surface area contributed by atoms with Gasteiger partial charge >= 0.3 is 0 Å². The normalized spacial score (nSPS) is 11.5. The second kappa shape index (κ2) is 8.63. The molecule has 8 heteroatoms. The highest BCUT2D eigenvalue weighted by Crippen LogP contribution is 2.30. The quantitative estimate of drug-likeness (QED) is 0.412. The van der Waals surface area contributed by atoms with E-state index in [1.807, 2.05) is 43.5 Å². The molecule has 7 nitrogen and oxygen atoms in total. The van der Waals surface area contributed by atoms with Crippen molar-refractivity contribution in [2.75, 3.05) is 0 Å². The molecule has 0 saturated heterocycles. The predicted octanol–water partition coefficient (Wildman–Crippen LogP) is 3.66. The van der Waals surface area contributed by atoms with Crippen molar-refractivity contribution in [2.24, 2.45) is 0 Å². The molecule has 0 radical (unpaired) electrons. The molecule has 0 spiro atoms. The number of aromatic nitrogens is 6. The number of H-pyrrole nitrogens is 1. The fraction of sp³-hybridized carbons (Fsp3) is 0.200. The third kappa shape index (κ3) is 4.30. The lowest BCUT2D eigenvalue weighted by molar-refractivity contribution is 0.431. The summed E-state index contributed by atoms with van der Waals surface area (Å²) in [7, 11) is 2.12. The minimum absolute atomic E-state index is 0.692. The van der Waals surface area contributed by atoms with E-state index < -0.39 is 0 Å². The summed E-state index contributed by atoms with van der Waals surface area (Å²) in [4.78, 5) is 19.8. The molecule has 1 N–H and O–H groups in total. The predicted molar refractivity (Wildman–Crippen MR) is 132 cm³/mol. The first kappa shape index (κ1) is 21.1. The molecule has 0 aliphatic rings. The molecule has 1 aromatic carbocycles. The van der Waals surface area contributed by atoms with E-state index in [0.29, 0.717) is 6.54 Å². The number of hydrogen-bond donors (Lipinski definition) is 1. The Bertz CT molecular complexity index is 1440. The van der Waals surface area contributed by atoms with Gasteiger partial charge in [0.2, 0.25) is 0 Å². The summed E-state index contributed by atoms with van der Waals surface area (Å²) >= 11 is 0. The molecule has 33 heavy (non-hydrogen) atoms. The first-order valence-electron chi connectivity index (χ1n) is 11.0. The van der Waals surface area contributed by atoms with E-state index in [4.69, 9.17) is 9.97 Å². The van der Waals surface area contributed by atoms with Crippen molar-refractivity contribution in [3.05, 3.63) is 89.3 Å². The van der Waals surface area contributed by atoms with Crippen molar-refractivity contribution in [3.63, 3.8) is 0 Å². The average molecular weight is 435 g/mol. The zero-order valence-electron chi connectivity index (χ0n) is 19.4. The maximum absolute atomic E-state index is 4.98. The maximum Gasteiger partial charge on any atom is 0.186 e. The van der Waals surface area contributed by atoms with Crippen LogP contribution in [-0.4, -0.2) is 42.3 Å². The molecule has 0 bridgehead atoms. The average Bonchev–Trinajstić information content (AvgIpc) is 3.43. The zero-order valence-corrected chi connectivity index (χ0v) is 19.4. The first-order valence-corrected chi connectivity index (χ1v) is 11.0. The first-order chi connectivity index (χ1) is 16.0. The molecule has 0 unspecified atom stereocenters. The second-order valence-corrected chi connectivity index (χ2v) is 8.58. The van der Waals surface area contributed by atoms with Gasteiger partial charge in [0.05, 0.1) is 11.4 Å². The largest absolute Gasteiger partial charge is 0.340 e. The fourth-order valence-corrected chi connectivity index (χ4v) is 4.12. The zero-order chi connectivity index (χ0) is 22.9. The van der Waals surface area contributed by atoms with Crippen LogP contribution in [0.5, 0.6) is 0 Å². The van der Waals surface area contributed by atoms with Crippen LogP contribution in [0.1, 0.15) is 28.2 Å². The summed E-state index contributed by atoms with van der Waals surface area (Å²) in [5.74, 6) is 0.898. The van der Waals surface area contributed by atoms with Gasteiger partial charge in [0, 0.05) is 30.5 Å². The van der Waals surface area contributed by atoms with Gasteiger partial charge < -0.3 is 9.79 Å². The van der Waals surface area contributed by atoms with E-state index in [9.17, 15) is 0 Å². The molecule has 0 aliphatic heterocycles. The Hall–Kier alpha value is -3.78. The Morgan fingerprint density at radius 3 is 2.67 bits per heavy atom. The number of aromatic amines is 1. The van der Waals surface area contributed by atoms with Crippen LogP contribution < -0.4 is 0 Å². The standard InChI is InChI=1S/C25H26BN7/c1-16-6-4-8-19(18(16)3)12-32(26)14-22-30-24(20-10-11-23-27-15-28-33(23)13-20)25(31-22)21-9-5-7-17(2)29-21/h4-11,13,15H,12,14,26H2,1-3H3,(H,30,31). The van der Waals surface area contributed by atoms with Crippen LogP contribution in [0, 0.1) is 20.8 Å². The van der Waals surface area contributed by atoms with Gasteiger partial charge in [-0.25, -0.2) is 14.5 Å². The molecule has 0 aliphatic carbocycles. The summed E-state index contributed by atoms with van der Waals surface area (Å²) in [5, 5.41) is 4.29. The van der Waals surface area contributed by atoms with Gasteiger partial charge in [-0.3, -0.25) is 4.98 Å². The topological polar surface area (TPSA) is 75.0 Å². The van der Waals surface area contributed by atoms with E-state index in [0.717, 1.165) is 46.4 Å². The number of pyridine rings is 2. The number of fused-ring (bicyclic) bond motifs is 1. The van der Waals surface area contributed by atoms with Crippen LogP contribution >= 0.6 is 0 Å². The van der Waals surface area contributed by atoms with Crippen molar-refractivity contribution in [2.45, 2.75) is 33.9 Å². The van der Waals surface area contributed by atoms with Crippen LogP contribution in [-0.2, 0) is 13.1 Å². The third-order valence-corrected chi connectivity index (χ3v) is 6.02. The molecule has 4 aromatic heterocycles. The van der Waals surface area contributed by atoms with Crippen LogP contribution in [0.25, 0.3) is 28.3 Å². The minimum atomic E-state index is 0.692.